The molecule has 0 N–H and O–H groups in total. The van der Waals surface area contributed by atoms with Crippen LogP contribution in [0.15, 0.2) is 33.9 Å². The summed E-state index contributed by atoms with van der Waals surface area (Å²) in [5.41, 5.74) is 1.49. The van der Waals surface area contributed by atoms with Crippen LogP contribution in [0.25, 0.3) is 22.1 Å². The highest BCUT2D eigenvalue weighted by Crippen LogP contribution is 2.25. The van der Waals surface area contributed by atoms with Gasteiger partial charge in [0.05, 0.1) is 18.6 Å². The minimum Gasteiger partial charge on any atom is -0.342 e. The van der Waals surface area contributed by atoms with Crippen LogP contribution in [0.3, 0.4) is 0 Å². The molecule has 0 bridgehead atoms. The molecule has 0 aliphatic carbocycles. The number of imidazole rings is 1. The fourth-order valence-corrected chi connectivity index (χ4v) is 4.93. The number of aryl methyl sites for hydroxylation is 2. The molecule has 1 atom stereocenters. The molecule has 1 aromatic carbocycles. The average molecular weight is 472 g/mol. The molecule has 0 saturated carbocycles. The van der Waals surface area contributed by atoms with E-state index in [1.165, 1.54) is 15.6 Å². The van der Waals surface area contributed by atoms with Crippen molar-refractivity contribution < 1.29 is 0 Å². The smallest absolute Gasteiger partial charge is 0.332 e. The van der Waals surface area contributed by atoms with Gasteiger partial charge >= 0.3 is 5.69 Å². The van der Waals surface area contributed by atoms with E-state index in [4.69, 9.17) is 4.98 Å². The van der Waals surface area contributed by atoms with Crippen LogP contribution in [0.1, 0.15) is 38.2 Å². The quantitative estimate of drug-likeness (QED) is 0.425. The highest BCUT2D eigenvalue weighted by atomic mass is 16.2. The molecule has 9 nitrogen and oxygen atoms in total. The molecule has 1 aliphatic rings. The lowest BCUT2D eigenvalue weighted by atomic mass is 10.0. The summed E-state index contributed by atoms with van der Waals surface area (Å²) >= 11 is 0. The Bertz CT molecular complexity index is 1620. The van der Waals surface area contributed by atoms with Gasteiger partial charge in [-0.25, -0.2) is 14.8 Å². The van der Waals surface area contributed by atoms with E-state index in [1.54, 1.807) is 14.0 Å². The Morgan fingerprint density at radius 3 is 2.69 bits per heavy atom. The maximum atomic E-state index is 13.8. The van der Waals surface area contributed by atoms with Gasteiger partial charge in [0.25, 0.3) is 5.56 Å². The lowest BCUT2D eigenvalue weighted by Gasteiger charge is -2.31. The number of para-hydroxylation sites is 1. The molecule has 180 valence electrons. The van der Waals surface area contributed by atoms with Crippen molar-refractivity contribution in [1.29, 1.82) is 0 Å². The Balaban J connectivity index is 1.69. The van der Waals surface area contributed by atoms with Gasteiger partial charge in [-0.3, -0.25) is 18.5 Å². The fourth-order valence-electron chi connectivity index (χ4n) is 4.93. The summed E-state index contributed by atoms with van der Waals surface area (Å²) in [4.78, 5) is 43.2. The minimum absolute atomic E-state index is 0.0200. The minimum atomic E-state index is -0.443. The molecular formula is C26H29N7O2. The normalized spacial score (nSPS) is 16.0. The van der Waals surface area contributed by atoms with E-state index in [0.29, 0.717) is 35.4 Å². The Labute approximate surface area is 203 Å². The molecule has 0 unspecified atom stereocenters. The first-order valence-electron chi connectivity index (χ1n) is 12.0. The molecular weight excluding hydrogens is 442 g/mol. The molecule has 4 aromatic rings. The Morgan fingerprint density at radius 2 is 1.91 bits per heavy atom. The summed E-state index contributed by atoms with van der Waals surface area (Å²) in [5.74, 6) is 7.64. The number of anilines is 1. The van der Waals surface area contributed by atoms with Gasteiger partial charge in [0, 0.05) is 31.2 Å². The summed E-state index contributed by atoms with van der Waals surface area (Å²) < 4.78 is 4.50. The number of aromatic nitrogens is 6. The molecule has 9 heteroatoms. The van der Waals surface area contributed by atoms with E-state index < -0.39 is 11.2 Å². The van der Waals surface area contributed by atoms with Crippen molar-refractivity contribution in [2.24, 2.45) is 13.0 Å². The van der Waals surface area contributed by atoms with Crippen LogP contribution in [0.4, 0.5) is 5.95 Å². The second-order valence-electron chi connectivity index (χ2n) is 9.27. The summed E-state index contributed by atoms with van der Waals surface area (Å²) in [7, 11) is 1.65. The topological polar surface area (TPSA) is 90.8 Å². The van der Waals surface area contributed by atoms with E-state index in [1.807, 2.05) is 35.8 Å². The van der Waals surface area contributed by atoms with Crippen LogP contribution in [0.2, 0.25) is 0 Å². The third-order valence-corrected chi connectivity index (χ3v) is 6.71. The van der Waals surface area contributed by atoms with Crippen molar-refractivity contribution in [3.8, 4) is 11.8 Å². The molecule has 1 fully saturated rings. The Hall–Kier alpha value is -3.93. The number of rotatable bonds is 4. The summed E-state index contributed by atoms with van der Waals surface area (Å²) in [6, 6.07) is 7.71. The predicted molar refractivity (Wildman–Crippen MR) is 137 cm³/mol. The van der Waals surface area contributed by atoms with E-state index in [0.717, 1.165) is 36.1 Å². The predicted octanol–water partition coefficient (Wildman–Crippen LogP) is 2.46. The summed E-state index contributed by atoms with van der Waals surface area (Å²) in [6.45, 7) is 7.92. The van der Waals surface area contributed by atoms with Crippen molar-refractivity contribution in [3.63, 3.8) is 0 Å². The molecule has 0 radical (unpaired) electrons. The van der Waals surface area contributed by atoms with Gasteiger partial charge < -0.3 is 4.90 Å². The van der Waals surface area contributed by atoms with Crippen molar-refractivity contribution in [2.75, 3.05) is 18.0 Å². The van der Waals surface area contributed by atoms with Gasteiger partial charge in [0.1, 0.15) is 5.82 Å². The largest absolute Gasteiger partial charge is 0.342 e. The Kier molecular flexibility index (Phi) is 5.89. The van der Waals surface area contributed by atoms with Crippen LogP contribution in [-0.4, -0.2) is 41.7 Å². The number of benzene rings is 1. The fraction of sp³-hybridized carbons (Fsp3) is 0.423. The van der Waals surface area contributed by atoms with Gasteiger partial charge in [0.2, 0.25) is 5.95 Å². The molecule has 1 saturated heterocycles. The maximum absolute atomic E-state index is 13.8. The monoisotopic (exact) mass is 471 g/mol. The van der Waals surface area contributed by atoms with Gasteiger partial charge in [0.15, 0.2) is 11.2 Å². The molecule has 5 rings (SSSR count). The molecule has 1 aliphatic heterocycles. The van der Waals surface area contributed by atoms with Crippen molar-refractivity contribution in [3.05, 3.63) is 56.6 Å². The standard InChI is InChI=1S/C26H29N7O2/c1-5-6-14-32-22-23(29-25(32)31-13-9-10-17(2)15-31)30(4)26(35)33(24(22)34)16-21-27-18(3)19-11-7-8-12-20(19)28-21/h7-8,11-12,17H,9-10,13-16H2,1-4H3/t17-/m1/s1. The van der Waals surface area contributed by atoms with E-state index in [-0.39, 0.29) is 6.54 Å². The van der Waals surface area contributed by atoms with Crippen LogP contribution in [0.5, 0.6) is 0 Å². The van der Waals surface area contributed by atoms with E-state index >= 15 is 0 Å². The third-order valence-electron chi connectivity index (χ3n) is 6.71. The van der Waals surface area contributed by atoms with Crippen molar-refractivity contribution in [1.82, 2.24) is 28.7 Å². The lowest BCUT2D eigenvalue weighted by Crippen LogP contribution is -2.40. The number of hydrogen-bond acceptors (Lipinski definition) is 6. The lowest BCUT2D eigenvalue weighted by molar-refractivity contribution is 0.439. The zero-order valence-corrected chi connectivity index (χ0v) is 20.6. The Morgan fingerprint density at radius 1 is 1.11 bits per heavy atom. The zero-order chi connectivity index (χ0) is 24.7. The molecule has 0 spiro atoms. The maximum Gasteiger partial charge on any atom is 0.332 e. The number of nitrogens with zero attached hydrogens (tertiary/aromatic N) is 7. The van der Waals surface area contributed by atoms with Gasteiger partial charge in [-0.2, -0.15) is 4.98 Å². The van der Waals surface area contributed by atoms with Gasteiger partial charge in [-0.05, 0) is 38.7 Å². The summed E-state index contributed by atoms with van der Waals surface area (Å²) in [6.07, 6.45) is 2.23. The number of piperidine rings is 1. The summed E-state index contributed by atoms with van der Waals surface area (Å²) in [5, 5.41) is 0.948. The van der Waals surface area contributed by atoms with Gasteiger partial charge in [-0.15, -0.1) is 5.92 Å². The molecule has 0 amide bonds. The highest BCUT2D eigenvalue weighted by molar-refractivity contribution is 5.80. The first-order valence-corrected chi connectivity index (χ1v) is 12.0. The first-order chi connectivity index (χ1) is 16.9. The first kappa shape index (κ1) is 22.8. The van der Waals surface area contributed by atoms with Crippen molar-refractivity contribution in [2.45, 2.75) is 46.7 Å². The van der Waals surface area contributed by atoms with E-state index in [2.05, 4.69) is 33.6 Å². The second kappa shape index (κ2) is 9.02. The SMILES string of the molecule is CC#CCn1c(N2CCC[C@@H](C)C2)nc2c1c(=O)n(Cc1nc(C)c3ccccc3n1)c(=O)n2C. The van der Waals surface area contributed by atoms with Crippen molar-refractivity contribution >= 4 is 28.0 Å². The second-order valence-corrected chi connectivity index (χ2v) is 9.27. The number of hydrogen-bond donors (Lipinski definition) is 0. The van der Waals surface area contributed by atoms with Crippen LogP contribution < -0.4 is 16.1 Å². The molecule has 4 heterocycles. The number of fused-ring (bicyclic) bond motifs is 2. The zero-order valence-electron chi connectivity index (χ0n) is 20.6. The van der Waals surface area contributed by atoms with E-state index in [9.17, 15) is 9.59 Å². The average Bonchev–Trinajstić information content (AvgIpc) is 3.24. The van der Waals surface area contributed by atoms with Crippen LogP contribution in [-0.2, 0) is 20.1 Å². The highest BCUT2D eigenvalue weighted by Gasteiger charge is 2.26. The van der Waals surface area contributed by atoms with Crippen LogP contribution >= 0.6 is 0 Å². The van der Waals surface area contributed by atoms with Gasteiger partial charge in [-0.1, -0.05) is 31.0 Å². The third kappa shape index (κ3) is 3.99. The molecule has 3 aromatic heterocycles. The molecule has 35 heavy (non-hydrogen) atoms. The van der Waals surface area contributed by atoms with Crippen LogP contribution in [0, 0.1) is 24.7 Å².